The van der Waals surface area contributed by atoms with Gasteiger partial charge in [-0.05, 0) is 117 Å². The average Bonchev–Trinajstić information content (AvgIpc) is 3.94. The van der Waals surface area contributed by atoms with Gasteiger partial charge < -0.3 is 29.4 Å². The van der Waals surface area contributed by atoms with Crippen LogP contribution in [-0.4, -0.2) is 79.6 Å². The van der Waals surface area contributed by atoms with Crippen LogP contribution in [0.2, 0.25) is 0 Å². The van der Waals surface area contributed by atoms with E-state index < -0.39 is 38.4 Å². The van der Waals surface area contributed by atoms with Gasteiger partial charge in [0.15, 0.2) is 6.04 Å². The first-order valence-electron chi connectivity index (χ1n) is 21.6. The molecule has 3 fully saturated rings. The van der Waals surface area contributed by atoms with Gasteiger partial charge in [0.25, 0.3) is 15.9 Å². The van der Waals surface area contributed by atoms with Crippen molar-refractivity contribution in [1.82, 2.24) is 19.6 Å². The number of likely N-dealkylation sites (tertiary alicyclic amines) is 1. The number of fused-ring (bicyclic) bond motifs is 2. The maximum atomic E-state index is 14.0. The SMILES string of the molecule is COC(=O)C1Nc2c(N=O)cc(S(=O)(=O)NC(=O)c3ccc(N4CCC5(CC4)CC(N4CCC[C@H]4c4ccccc4C(C)C)C5)cc3Oc3cnc4[nH]ccc4c3)cc2OC1(C)C. The molecule has 330 valence electrons. The van der Waals surface area contributed by atoms with Crippen LogP contribution < -0.4 is 24.4 Å². The Morgan fingerprint density at radius 1 is 1.02 bits per heavy atom. The molecule has 1 saturated carbocycles. The van der Waals surface area contributed by atoms with Gasteiger partial charge in [0.05, 0.1) is 23.8 Å². The second-order valence-electron chi connectivity index (χ2n) is 18.2. The van der Waals surface area contributed by atoms with Crippen molar-refractivity contribution in [3.8, 4) is 17.2 Å². The van der Waals surface area contributed by atoms with E-state index in [1.54, 1.807) is 38.2 Å². The summed E-state index contributed by atoms with van der Waals surface area (Å²) >= 11 is 0. The lowest BCUT2D eigenvalue weighted by atomic mass is 9.59. The van der Waals surface area contributed by atoms with Gasteiger partial charge in [-0.2, -0.15) is 0 Å². The van der Waals surface area contributed by atoms with Gasteiger partial charge >= 0.3 is 5.97 Å². The van der Waals surface area contributed by atoms with Crippen molar-refractivity contribution >= 4 is 50.0 Å². The standard InChI is InChI=1S/C47H53N7O8S/c1-28(2)34-9-6-7-10-35(34)38-11-8-18-54(38)31-25-47(26-31)15-19-53(20-16-47)30-12-13-36(39(22-30)61-32-21-29-14-17-48-43(29)49-27-32)44(55)52-63(58,59)33-23-37(51-57)41-40(24-33)62-46(3,4)42(50-41)45(56)60-5/h6-7,9-10,12-14,17,21-24,27-28,31,38,42,50H,8,11,15-16,18-20,25-26H2,1-5H3,(H,48,49)(H,52,55)/t38-,42?/m0/s1. The Morgan fingerprint density at radius 3 is 2.54 bits per heavy atom. The predicted molar refractivity (Wildman–Crippen MR) is 239 cm³/mol. The number of benzene rings is 3. The maximum absolute atomic E-state index is 14.0. The van der Waals surface area contributed by atoms with Crippen LogP contribution in [0.1, 0.15) is 99.7 Å². The highest BCUT2D eigenvalue weighted by Gasteiger charge is 2.50. The fraction of sp³-hybridized carbons (Fsp3) is 0.426. The van der Waals surface area contributed by atoms with E-state index in [1.807, 2.05) is 12.1 Å². The molecule has 3 aliphatic heterocycles. The highest BCUT2D eigenvalue weighted by atomic mass is 32.2. The zero-order valence-corrected chi connectivity index (χ0v) is 37.0. The molecule has 9 rings (SSSR count). The number of nitrogens with zero attached hydrogens (tertiary/aromatic N) is 4. The van der Waals surface area contributed by atoms with Crippen molar-refractivity contribution in [2.24, 2.45) is 10.6 Å². The van der Waals surface area contributed by atoms with Crippen LogP contribution in [-0.2, 0) is 19.6 Å². The Labute approximate surface area is 366 Å². The number of nitrogens with one attached hydrogen (secondary N) is 3. The molecule has 0 radical (unpaired) electrons. The minimum absolute atomic E-state index is 0.0218. The van der Waals surface area contributed by atoms with Crippen molar-refractivity contribution in [2.45, 2.75) is 101 Å². The molecule has 3 N–H and O–H groups in total. The molecule has 2 saturated heterocycles. The number of carbonyl (C=O) groups excluding carboxylic acids is 2. The van der Waals surface area contributed by atoms with Crippen LogP contribution in [0, 0.1) is 10.3 Å². The van der Waals surface area contributed by atoms with Crippen LogP contribution >= 0.6 is 0 Å². The van der Waals surface area contributed by atoms with Crippen LogP contribution in [0.3, 0.4) is 0 Å². The molecule has 2 atom stereocenters. The number of anilines is 2. The van der Waals surface area contributed by atoms with E-state index in [2.05, 4.69) is 73.1 Å². The quantitative estimate of drug-likeness (QED) is 0.0849. The van der Waals surface area contributed by atoms with Crippen LogP contribution in [0.5, 0.6) is 17.2 Å². The number of piperidine rings is 1. The number of H-pyrrole nitrogens is 1. The van der Waals surface area contributed by atoms with Crippen molar-refractivity contribution in [3.63, 3.8) is 0 Å². The highest BCUT2D eigenvalue weighted by Crippen LogP contribution is 2.54. The molecule has 1 unspecified atom stereocenters. The fourth-order valence-corrected chi connectivity index (χ4v) is 11.2. The molecular weight excluding hydrogens is 823 g/mol. The van der Waals surface area contributed by atoms with Gasteiger partial charge in [-0.25, -0.2) is 22.9 Å². The number of methoxy groups -OCH3 is 1. The summed E-state index contributed by atoms with van der Waals surface area (Å²) in [5.74, 6) is -0.647. The molecule has 16 heteroatoms. The largest absolute Gasteiger partial charge is 0.483 e. The third-order valence-corrected chi connectivity index (χ3v) is 14.9. The van der Waals surface area contributed by atoms with Crippen LogP contribution in [0.15, 0.2) is 89.2 Å². The molecule has 5 heterocycles. The van der Waals surface area contributed by atoms with Crippen LogP contribution in [0.25, 0.3) is 11.0 Å². The minimum Gasteiger partial charge on any atom is -0.483 e. The lowest BCUT2D eigenvalue weighted by molar-refractivity contribution is -0.146. The topological polar surface area (TPSA) is 185 Å². The summed E-state index contributed by atoms with van der Waals surface area (Å²) < 4.78 is 47.2. The van der Waals surface area contributed by atoms with Crippen molar-refractivity contribution in [3.05, 3.63) is 101 Å². The number of aromatic nitrogens is 2. The Hall–Kier alpha value is -6.00. The van der Waals surface area contributed by atoms with E-state index in [0.29, 0.717) is 34.8 Å². The van der Waals surface area contributed by atoms with Crippen molar-refractivity contribution < 1.29 is 32.2 Å². The fourth-order valence-electron chi connectivity index (χ4n) is 10.2. The number of carbonyl (C=O) groups is 2. The highest BCUT2D eigenvalue weighted by molar-refractivity contribution is 7.90. The summed E-state index contributed by atoms with van der Waals surface area (Å²) in [5, 5.41) is 6.70. The smallest absolute Gasteiger partial charge is 0.332 e. The van der Waals surface area contributed by atoms with E-state index in [4.69, 9.17) is 14.2 Å². The van der Waals surface area contributed by atoms with Crippen molar-refractivity contribution in [2.75, 3.05) is 37.0 Å². The third kappa shape index (κ3) is 7.99. The predicted octanol–water partition coefficient (Wildman–Crippen LogP) is 8.71. The number of pyridine rings is 1. The number of amides is 1. The van der Waals surface area contributed by atoms with E-state index in [-0.39, 0.29) is 28.4 Å². The number of esters is 1. The second kappa shape index (κ2) is 16.3. The van der Waals surface area contributed by atoms with Crippen LogP contribution in [0.4, 0.5) is 17.1 Å². The minimum atomic E-state index is -4.62. The summed E-state index contributed by atoms with van der Waals surface area (Å²) in [6.45, 7) is 10.6. The summed E-state index contributed by atoms with van der Waals surface area (Å²) in [7, 11) is -3.40. The van der Waals surface area contributed by atoms with Gasteiger partial charge in [0, 0.05) is 54.6 Å². The molecule has 15 nitrogen and oxygen atoms in total. The molecule has 1 aliphatic carbocycles. The van der Waals surface area contributed by atoms with Gasteiger partial charge in [0.1, 0.15) is 39.9 Å². The molecule has 1 amide bonds. The summed E-state index contributed by atoms with van der Waals surface area (Å²) in [6, 6.07) is 20.0. The first-order valence-corrected chi connectivity index (χ1v) is 23.1. The number of sulfonamides is 1. The second-order valence-corrected chi connectivity index (χ2v) is 19.9. The van der Waals surface area contributed by atoms with E-state index >= 15 is 0 Å². The maximum Gasteiger partial charge on any atom is 0.332 e. The number of hydrogen-bond acceptors (Lipinski definition) is 13. The van der Waals surface area contributed by atoms with Gasteiger partial charge in [-0.15, -0.1) is 4.91 Å². The zero-order chi connectivity index (χ0) is 44.3. The molecule has 2 aromatic heterocycles. The summed E-state index contributed by atoms with van der Waals surface area (Å²) in [6.07, 6.45) is 10.2. The zero-order valence-electron chi connectivity index (χ0n) is 36.1. The first-order chi connectivity index (χ1) is 30.2. The Kier molecular flexibility index (Phi) is 10.9. The van der Waals surface area contributed by atoms with E-state index in [9.17, 15) is 22.9 Å². The summed E-state index contributed by atoms with van der Waals surface area (Å²) in [4.78, 5) is 50.7. The number of rotatable bonds is 11. The van der Waals surface area contributed by atoms with Gasteiger partial charge in [-0.1, -0.05) is 38.1 Å². The van der Waals surface area contributed by atoms with E-state index in [1.165, 1.54) is 56.2 Å². The average molecular weight is 876 g/mol. The molecule has 4 aliphatic rings. The number of nitroso groups, excluding NO2 is 1. The number of aromatic amines is 1. The Bertz CT molecular complexity index is 2700. The van der Waals surface area contributed by atoms with E-state index in [0.717, 1.165) is 49.6 Å². The number of ether oxygens (including phenoxy) is 3. The Morgan fingerprint density at radius 2 is 1.79 bits per heavy atom. The molecule has 5 aromatic rings. The molecule has 3 aromatic carbocycles. The molecular formula is C47H53N7O8S. The lowest BCUT2D eigenvalue weighted by Gasteiger charge is -2.56. The first kappa shape index (κ1) is 42.3. The molecule has 63 heavy (non-hydrogen) atoms. The monoisotopic (exact) mass is 875 g/mol. The summed E-state index contributed by atoms with van der Waals surface area (Å²) in [5.41, 5.74) is 3.22. The van der Waals surface area contributed by atoms with Gasteiger partial charge in [0.2, 0.25) is 0 Å². The van der Waals surface area contributed by atoms with Crippen molar-refractivity contribution in [1.29, 1.82) is 0 Å². The molecule has 0 bridgehead atoms. The third-order valence-electron chi connectivity index (χ3n) is 13.6. The molecule has 1 spiro atoms. The number of hydrogen-bond donors (Lipinski definition) is 3. The normalized spacial score (nSPS) is 20.7. The van der Waals surface area contributed by atoms with Gasteiger partial charge in [-0.3, -0.25) is 9.69 Å². The Balaban J connectivity index is 0.933. The lowest BCUT2D eigenvalue weighted by Crippen LogP contribution is -2.55.